The number of nitrogens with zero attached hydrogens (tertiary/aromatic N) is 10. The molecule has 0 aliphatic carbocycles. The minimum atomic E-state index is -0.661. The van der Waals surface area contributed by atoms with E-state index in [-0.39, 0.29) is 86.3 Å². The zero-order chi connectivity index (χ0) is 45.8. The number of hydrogen-bond acceptors (Lipinski definition) is 16. The Bertz CT molecular complexity index is 2850. The Kier molecular flexibility index (Phi) is 14.4. The summed E-state index contributed by atoms with van der Waals surface area (Å²) >= 11 is 0. The van der Waals surface area contributed by atoms with Crippen molar-refractivity contribution in [1.82, 2.24) is 55.1 Å². The number of hydrogen-bond donors (Lipinski definition) is 4. The van der Waals surface area contributed by atoms with E-state index in [1.807, 2.05) is 0 Å². The van der Waals surface area contributed by atoms with Gasteiger partial charge in [0, 0.05) is 29.8 Å². The molecule has 9 rings (SSSR count). The topological polar surface area (TPSA) is 222 Å². The van der Waals surface area contributed by atoms with E-state index in [1.54, 1.807) is 70.0 Å². The molecule has 0 saturated carbocycles. The maximum Gasteiger partial charge on any atom is 0.323 e. The number of aliphatic hydroxyl groups is 1. The summed E-state index contributed by atoms with van der Waals surface area (Å²) in [5.41, 5.74) is 3.68. The number of carbonyl (C=O) groups excluding carboxylic acids is 1. The summed E-state index contributed by atoms with van der Waals surface area (Å²) in [6.07, 6.45) is 7.66. The molecule has 0 radical (unpaired) electrons. The molecular weight excluding hydrogens is 867 g/mol. The molecule has 0 spiro atoms. The largest absolute Gasteiger partial charge is 0.463 e. The maximum atomic E-state index is 14.4. The number of piperidine rings is 1. The number of benzene rings is 2. The van der Waals surface area contributed by atoms with Crippen molar-refractivity contribution in [3.8, 4) is 45.8 Å². The predicted octanol–water partition coefficient (Wildman–Crippen LogP) is 6.14. The highest BCUT2D eigenvalue weighted by Crippen LogP contribution is 2.28. The van der Waals surface area contributed by atoms with Crippen molar-refractivity contribution < 1.29 is 41.2 Å². The lowest BCUT2D eigenvalue weighted by Crippen LogP contribution is -2.41. The van der Waals surface area contributed by atoms with Crippen LogP contribution in [0.25, 0.3) is 45.8 Å². The number of halogens is 4. The quantitative estimate of drug-likeness (QED) is 0.0485. The highest BCUT2D eigenvalue weighted by molar-refractivity contribution is 5.76. The van der Waals surface area contributed by atoms with Crippen molar-refractivity contribution in [2.45, 2.75) is 38.4 Å². The van der Waals surface area contributed by atoms with Crippen LogP contribution in [-0.4, -0.2) is 99.8 Å². The lowest BCUT2D eigenvalue weighted by atomic mass is 10.1. The molecule has 66 heavy (non-hydrogen) atoms. The molecule has 340 valence electrons. The number of aliphatic hydroxyl groups excluding tert-OH is 1. The molecule has 0 bridgehead atoms. The number of rotatable bonds is 16. The van der Waals surface area contributed by atoms with Crippen LogP contribution in [0.15, 0.2) is 107 Å². The van der Waals surface area contributed by atoms with Crippen molar-refractivity contribution in [1.29, 1.82) is 0 Å². The molecule has 18 nitrogen and oxygen atoms in total. The molecule has 1 unspecified atom stereocenters. The molecule has 6 aromatic heterocycles. The minimum absolute atomic E-state index is 0.0457. The highest BCUT2D eigenvalue weighted by atomic mass is 19.1. The Morgan fingerprint density at radius 2 is 1.24 bits per heavy atom. The predicted molar refractivity (Wildman–Crippen MR) is 229 cm³/mol. The number of carbonyl (C=O) groups is 1. The summed E-state index contributed by atoms with van der Waals surface area (Å²) in [5.74, 6) is -2.12. The Balaban J connectivity index is 0.000000185. The second kappa shape index (κ2) is 21.2. The van der Waals surface area contributed by atoms with Gasteiger partial charge in [-0.1, -0.05) is 53.1 Å². The third-order valence-corrected chi connectivity index (χ3v) is 10.1. The third-order valence-electron chi connectivity index (χ3n) is 10.1. The van der Waals surface area contributed by atoms with Gasteiger partial charge in [-0.2, -0.15) is 10.2 Å². The number of ether oxygens (including phenoxy) is 1. The van der Waals surface area contributed by atoms with Gasteiger partial charge in [0.25, 0.3) is 0 Å². The van der Waals surface area contributed by atoms with Crippen LogP contribution in [0.1, 0.15) is 30.4 Å². The van der Waals surface area contributed by atoms with Gasteiger partial charge in [-0.15, -0.1) is 0 Å². The first-order chi connectivity index (χ1) is 32.2. The summed E-state index contributed by atoms with van der Waals surface area (Å²) < 4.78 is 75.0. The standard InChI is InChI=1S/C25H25F2N7O3.C19H16F2N6O2/c26-17-6-2-1-5-16(17)15-34-22(19-8-11-37-33-19)13-21(32-34)24-30-14-18(27)23(31-24)29-10-12-36-25(35)20-7-3-4-9-28-20;20-13-4-2-1-3-12(13)11-27-17(15-5-8-29-26-15)9-16(25-27)19-23-10-14(21)18(24-19)22-6-7-28/h1-2,5-6,8,11,13-14,20,28H,3-4,7,9-10,12,15H2,(H,29,30,31);1-5,8-10,28H,6-7,11H2,(H,22,23,24). The summed E-state index contributed by atoms with van der Waals surface area (Å²) in [6.45, 7) is 1.25. The van der Waals surface area contributed by atoms with E-state index in [4.69, 9.17) is 18.9 Å². The molecule has 8 aromatic rings. The Labute approximate surface area is 373 Å². The van der Waals surface area contributed by atoms with E-state index >= 15 is 0 Å². The fourth-order valence-corrected chi connectivity index (χ4v) is 6.85. The Morgan fingerprint density at radius 3 is 1.71 bits per heavy atom. The number of anilines is 2. The fraction of sp³-hybridized carbons (Fsp3) is 0.250. The van der Waals surface area contributed by atoms with Crippen LogP contribution >= 0.6 is 0 Å². The van der Waals surface area contributed by atoms with Crippen LogP contribution in [-0.2, 0) is 22.6 Å². The van der Waals surface area contributed by atoms with Gasteiger partial charge < -0.3 is 34.8 Å². The molecule has 7 heterocycles. The van der Waals surface area contributed by atoms with Gasteiger partial charge in [0.05, 0.1) is 50.0 Å². The molecule has 0 amide bonds. The third kappa shape index (κ3) is 10.9. The average Bonchev–Trinajstić information content (AvgIpc) is 4.19. The van der Waals surface area contributed by atoms with Crippen molar-refractivity contribution in [3.63, 3.8) is 0 Å². The van der Waals surface area contributed by atoms with Gasteiger partial charge in [0.1, 0.15) is 59.6 Å². The smallest absolute Gasteiger partial charge is 0.323 e. The van der Waals surface area contributed by atoms with E-state index in [1.165, 1.54) is 24.7 Å². The van der Waals surface area contributed by atoms with Gasteiger partial charge in [0.2, 0.25) is 0 Å². The first-order valence-electron chi connectivity index (χ1n) is 20.7. The first-order valence-corrected chi connectivity index (χ1v) is 20.7. The van der Waals surface area contributed by atoms with E-state index in [9.17, 15) is 22.4 Å². The van der Waals surface area contributed by atoms with Crippen LogP contribution in [0.2, 0.25) is 0 Å². The van der Waals surface area contributed by atoms with Crippen LogP contribution in [0.3, 0.4) is 0 Å². The van der Waals surface area contributed by atoms with Crippen molar-refractivity contribution >= 4 is 17.6 Å². The number of nitrogens with one attached hydrogen (secondary N) is 3. The second-order valence-corrected chi connectivity index (χ2v) is 14.6. The zero-order valence-corrected chi connectivity index (χ0v) is 35.0. The van der Waals surface area contributed by atoms with Crippen LogP contribution in [0, 0.1) is 23.3 Å². The van der Waals surface area contributed by atoms with E-state index in [2.05, 4.69) is 56.4 Å². The minimum Gasteiger partial charge on any atom is -0.463 e. The number of esters is 1. The molecule has 2 aromatic carbocycles. The van der Waals surface area contributed by atoms with Crippen molar-refractivity contribution in [3.05, 3.63) is 132 Å². The summed E-state index contributed by atoms with van der Waals surface area (Å²) in [4.78, 5) is 28.6. The molecule has 1 fully saturated rings. The highest BCUT2D eigenvalue weighted by Gasteiger charge is 2.23. The van der Waals surface area contributed by atoms with Gasteiger partial charge in [-0.25, -0.2) is 37.5 Å². The molecule has 1 atom stereocenters. The SMILES string of the molecule is O=C(OCCNc1nc(-c2cc(-c3ccon3)n(Cc3ccccc3F)n2)ncc1F)C1CCCCN1.OCCNc1nc(-c2cc(-c3ccon3)n(Cc3ccccc3F)n2)ncc1F. The Morgan fingerprint density at radius 1 is 0.712 bits per heavy atom. The van der Waals surface area contributed by atoms with E-state index in [0.29, 0.717) is 45.3 Å². The first kappa shape index (κ1) is 44.7. The Hall–Kier alpha value is -7.85. The van der Waals surface area contributed by atoms with E-state index < -0.39 is 11.6 Å². The molecule has 1 aliphatic heterocycles. The van der Waals surface area contributed by atoms with Gasteiger partial charge in [0.15, 0.2) is 34.9 Å². The lowest BCUT2D eigenvalue weighted by molar-refractivity contribution is -0.146. The second-order valence-electron chi connectivity index (χ2n) is 14.6. The van der Waals surface area contributed by atoms with Crippen LogP contribution in [0.5, 0.6) is 0 Å². The maximum absolute atomic E-state index is 14.4. The fourth-order valence-electron chi connectivity index (χ4n) is 6.85. The normalized spacial score (nSPS) is 13.5. The lowest BCUT2D eigenvalue weighted by Gasteiger charge is -2.21. The van der Waals surface area contributed by atoms with Gasteiger partial charge in [-0.3, -0.25) is 14.2 Å². The number of aromatic nitrogens is 10. The van der Waals surface area contributed by atoms with E-state index in [0.717, 1.165) is 38.2 Å². The summed E-state index contributed by atoms with van der Waals surface area (Å²) in [6, 6.07) is 19.1. The molecule has 1 aliphatic rings. The zero-order valence-electron chi connectivity index (χ0n) is 35.0. The van der Waals surface area contributed by atoms with Gasteiger partial charge in [-0.05, 0) is 43.7 Å². The molecule has 1 saturated heterocycles. The van der Waals surface area contributed by atoms with Crippen LogP contribution < -0.4 is 16.0 Å². The average molecular weight is 908 g/mol. The van der Waals surface area contributed by atoms with Gasteiger partial charge >= 0.3 is 5.97 Å². The van der Waals surface area contributed by atoms with Crippen molar-refractivity contribution in [2.24, 2.45) is 0 Å². The summed E-state index contributed by atoms with van der Waals surface area (Å²) in [5, 5.41) is 34.5. The summed E-state index contributed by atoms with van der Waals surface area (Å²) in [7, 11) is 0. The monoisotopic (exact) mass is 907 g/mol. The molecule has 22 heteroatoms. The molecular formula is C44H41F4N13O5. The van der Waals surface area contributed by atoms with Crippen LogP contribution in [0.4, 0.5) is 29.2 Å². The molecule has 4 N–H and O–H groups in total. The van der Waals surface area contributed by atoms with Crippen molar-refractivity contribution in [2.75, 3.05) is 43.5 Å².